The number of benzene rings is 1. The normalized spacial score (nSPS) is 10.7. The number of hydrogen-bond acceptors (Lipinski definition) is 3. The van der Waals surface area contributed by atoms with Crippen LogP contribution in [-0.4, -0.2) is 29.8 Å². The molecule has 0 aliphatic rings. The van der Waals surface area contributed by atoms with E-state index >= 15 is 0 Å². The second-order valence-corrected chi connectivity index (χ2v) is 6.11. The first kappa shape index (κ1) is 17.1. The van der Waals surface area contributed by atoms with Gasteiger partial charge in [-0.1, -0.05) is 12.1 Å². The van der Waals surface area contributed by atoms with E-state index in [0.29, 0.717) is 13.0 Å². The Bertz CT molecular complexity index is 671. The van der Waals surface area contributed by atoms with Crippen LogP contribution in [0.25, 0.3) is 0 Å². The Balaban J connectivity index is 1.83. The van der Waals surface area contributed by atoms with Gasteiger partial charge in [0.05, 0.1) is 5.69 Å². The van der Waals surface area contributed by atoms with E-state index in [-0.39, 0.29) is 5.91 Å². The van der Waals surface area contributed by atoms with Gasteiger partial charge in [-0.25, -0.2) is 0 Å². The third-order valence-electron chi connectivity index (χ3n) is 4.21. The summed E-state index contributed by atoms with van der Waals surface area (Å²) in [4.78, 5) is 14.1. The van der Waals surface area contributed by atoms with Crippen molar-refractivity contribution in [3.63, 3.8) is 0 Å². The molecular formula is C18H26N4O. The average molecular weight is 314 g/mol. The second-order valence-electron chi connectivity index (χ2n) is 6.11. The van der Waals surface area contributed by atoms with Crippen molar-refractivity contribution < 1.29 is 4.79 Å². The lowest BCUT2D eigenvalue weighted by Gasteiger charge is -2.12. The largest absolute Gasteiger partial charge is 0.378 e. The zero-order valence-electron chi connectivity index (χ0n) is 14.7. The number of nitrogens with zero attached hydrogens (tertiary/aromatic N) is 3. The number of hydrogen-bond donors (Lipinski definition) is 1. The van der Waals surface area contributed by atoms with Gasteiger partial charge in [-0.05, 0) is 38.0 Å². The topological polar surface area (TPSA) is 50.2 Å². The van der Waals surface area contributed by atoms with Gasteiger partial charge in [0.25, 0.3) is 0 Å². The van der Waals surface area contributed by atoms with Gasteiger partial charge in [0.2, 0.25) is 5.91 Å². The highest BCUT2D eigenvalue weighted by Crippen LogP contribution is 2.14. The van der Waals surface area contributed by atoms with E-state index in [1.54, 1.807) is 0 Å². The molecule has 1 heterocycles. The first-order valence-electron chi connectivity index (χ1n) is 7.90. The van der Waals surface area contributed by atoms with Crippen LogP contribution >= 0.6 is 0 Å². The van der Waals surface area contributed by atoms with Crippen LogP contribution in [0.5, 0.6) is 0 Å². The molecule has 0 saturated heterocycles. The minimum absolute atomic E-state index is 0.0735. The Morgan fingerprint density at radius 1 is 1.22 bits per heavy atom. The standard InChI is InChI=1S/C18H26N4O/c1-13-17(14(2)22(5)20-13)12-19-18(23)11-8-15-6-9-16(10-7-15)21(3)4/h6-7,9-10H,8,11-12H2,1-5H3,(H,19,23). The maximum absolute atomic E-state index is 12.0. The van der Waals surface area contributed by atoms with Crippen molar-refractivity contribution in [2.24, 2.45) is 7.05 Å². The van der Waals surface area contributed by atoms with Crippen LogP contribution < -0.4 is 10.2 Å². The molecule has 1 aromatic carbocycles. The molecule has 0 spiro atoms. The molecule has 0 fully saturated rings. The Morgan fingerprint density at radius 2 is 1.87 bits per heavy atom. The maximum atomic E-state index is 12.0. The van der Waals surface area contributed by atoms with E-state index < -0.39 is 0 Å². The van der Waals surface area contributed by atoms with Gasteiger partial charge in [-0.15, -0.1) is 0 Å². The monoisotopic (exact) mass is 314 g/mol. The lowest BCUT2D eigenvalue weighted by atomic mass is 10.1. The predicted molar refractivity (Wildman–Crippen MR) is 93.6 cm³/mol. The van der Waals surface area contributed by atoms with Crippen molar-refractivity contribution in [1.29, 1.82) is 0 Å². The molecule has 0 atom stereocenters. The smallest absolute Gasteiger partial charge is 0.220 e. The maximum Gasteiger partial charge on any atom is 0.220 e. The van der Waals surface area contributed by atoms with Crippen molar-refractivity contribution in [2.45, 2.75) is 33.2 Å². The number of carbonyl (C=O) groups is 1. The van der Waals surface area contributed by atoms with E-state index in [1.165, 1.54) is 11.3 Å². The molecule has 1 aromatic heterocycles. The van der Waals surface area contributed by atoms with Crippen LogP contribution in [0.2, 0.25) is 0 Å². The van der Waals surface area contributed by atoms with Crippen LogP contribution in [0, 0.1) is 13.8 Å². The summed E-state index contributed by atoms with van der Waals surface area (Å²) in [6.07, 6.45) is 1.25. The van der Waals surface area contributed by atoms with Gasteiger partial charge in [0, 0.05) is 51.1 Å². The predicted octanol–water partition coefficient (Wildman–Crippen LogP) is 2.35. The highest BCUT2D eigenvalue weighted by molar-refractivity contribution is 5.76. The quantitative estimate of drug-likeness (QED) is 0.890. The number of anilines is 1. The number of rotatable bonds is 6. The van der Waals surface area contributed by atoms with E-state index in [9.17, 15) is 4.79 Å². The lowest BCUT2D eigenvalue weighted by molar-refractivity contribution is -0.121. The molecule has 0 aliphatic carbocycles. The highest BCUT2D eigenvalue weighted by atomic mass is 16.1. The summed E-state index contributed by atoms with van der Waals surface area (Å²) in [6.45, 7) is 4.54. The molecule has 0 unspecified atom stereocenters. The fraction of sp³-hybridized carbons (Fsp3) is 0.444. The minimum Gasteiger partial charge on any atom is -0.378 e. The molecule has 23 heavy (non-hydrogen) atoms. The number of carbonyl (C=O) groups excluding carboxylic acids is 1. The van der Waals surface area contributed by atoms with Crippen LogP contribution in [0.15, 0.2) is 24.3 Å². The lowest BCUT2D eigenvalue weighted by Crippen LogP contribution is -2.23. The third-order valence-corrected chi connectivity index (χ3v) is 4.21. The fourth-order valence-corrected chi connectivity index (χ4v) is 2.57. The summed E-state index contributed by atoms with van der Waals surface area (Å²) < 4.78 is 1.85. The SMILES string of the molecule is Cc1nn(C)c(C)c1CNC(=O)CCc1ccc(N(C)C)cc1. The summed E-state index contributed by atoms with van der Waals surface area (Å²) in [5.41, 5.74) is 5.53. The van der Waals surface area contributed by atoms with Crippen molar-refractivity contribution in [3.05, 3.63) is 46.8 Å². The van der Waals surface area contributed by atoms with Gasteiger partial charge < -0.3 is 10.2 Å². The molecule has 2 rings (SSSR count). The zero-order chi connectivity index (χ0) is 17.0. The molecule has 0 radical (unpaired) electrons. The van der Waals surface area contributed by atoms with Gasteiger partial charge >= 0.3 is 0 Å². The Hall–Kier alpha value is -2.30. The third kappa shape index (κ3) is 4.34. The molecule has 0 saturated carbocycles. The van der Waals surface area contributed by atoms with Gasteiger partial charge in [0.15, 0.2) is 0 Å². The van der Waals surface area contributed by atoms with Gasteiger partial charge in [-0.3, -0.25) is 9.48 Å². The molecule has 0 aliphatic heterocycles. The first-order chi connectivity index (χ1) is 10.9. The number of aryl methyl sites for hydroxylation is 3. The molecule has 5 nitrogen and oxygen atoms in total. The first-order valence-corrected chi connectivity index (χ1v) is 7.90. The van der Waals surface area contributed by atoms with Gasteiger partial charge in [-0.2, -0.15) is 5.10 Å². The van der Waals surface area contributed by atoms with Crippen molar-refractivity contribution >= 4 is 11.6 Å². The number of nitrogens with one attached hydrogen (secondary N) is 1. The van der Waals surface area contributed by atoms with E-state index in [4.69, 9.17) is 0 Å². The molecule has 124 valence electrons. The van der Waals surface area contributed by atoms with E-state index in [0.717, 1.165) is 23.4 Å². The van der Waals surface area contributed by atoms with Crippen molar-refractivity contribution in [2.75, 3.05) is 19.0 Å². The Morgan fingerprint density at radius 3 is 2.39 bits per heavy atom. The van der Waals surface area contributed by atoms with Crippen molar-refractivity contribution in [1.82, 2.24) is 15.1 Å². The summed E-state index contributed by atoms with van der Waals surface area (Å²) >= 11 is 0. The minimum atomic E-state index is 0.0735. The molecule has 1 amide bonds. The molecule has 0 bridgehead atoms. The van der Waals surface area contributed by atoms with Crippen LogP contribution in [0.1, 0.15) is 28.9 Å². The summed E-state index contributed by atoms with van der Waals surface area (Å²) in [7, 11) is 5.96. The van der Waals surface area contributed by atoms with Crippen LogP contribution in [0.4, 0.5) is 5.69 Å². The second kappa shape index (κ2) is 7.31. The van der Waals surface area contributed by atoms with Crippen LogP contribution in [-0.2, 0) is 24.8 Å². The summed E-state index contributed by atoms with van der Waals surface area (Å²) in [6, 6.07) is 8.32. The summed E-state index contributed by atoms with van der Waals surface area (Å²) in [5.74, 6) is 0.0735. The van der Waals surface area contributed by atoms with Gasteiger partial charge in [0.1, 0.15) is 0 Å². The average Bonchev–Trinajstić information content (AvgIpc) is 2.76. The molecular weight excluding hydrogens is 288 g/mol. The molecule has 2 aromatic rings. The summed E-state index contributed by atoms with van der Waals surface area (Å²) in [5, 5.41) is 7.36. The Kier molecular flexibility index (Phi) is 5.42. The fourth-order valence-electron chi connectivity index (χ4n) is 2.57. The molecule has 5 heteroatoms. The molecule has 1 N–H and O–H groups in total. The number of aromatic nitrogens is 2. The van der Waals surface area contributed by atoms with E-state index in [1.807, 2.05) is 39.7 Å². The van der Waals surface area contributed by atoms with Crippen molar-refractivity contribution in [3.8, 4) is 0 Å². The van der Waals surface area contributed by atoms with E-state index in [2.05, 4.69) is 39.6 Å². The zero-order valence-corrected chi connectivity index (χ0v) is 14.7. The Labute approximate surface area is 138 Å². The highest BCUT2D eigenvalue weighted by Gasteiger charge is 2.10. The van der Waals surface area contributed by atoms with Crippen LogP contribution in [0.3, 0.4) is 0 Å². The number of amides is 1.